The average Bonchev–Trinajstić information content (AvgIpc) is 2.24. The van der Waals surface area contributed by atoms with Gasteiger partial charge in [0, 0.05) is 18.8 Å². The second-order valence-corrected chi connectivity index (χ2v) is 6.36. The van der Waals surface area contributed by atoms with Crippen LogP contribution in [0.4, 0.5) is 5.69 Å². The maximum atomic E-state index is 12.1. The fourth-order valence-electron chi connectivity index (χ4n) is 1.83. The number of hydrogen-bond acceptors (Lipinski definition) is 4. The van der Waals surface area contributed by atoms with Crippen molar-refractivity contribution in [1.29, 1.82) is 0 Å². The lowest BCUT2D eigenvalue weighted by molar-refractivity contribution is -0.0613. The van der Waals surface area contributed by atoms with Crippen molar-refractivity contribution >= 4 is 15.7 Å². The summed E-state index contributed by atoms with van der Waals surface area (Å²) >= 11 is 0. The van der Waals surface area contributed by atoms with Gasteiger partial charge in [-0.3, -0.25) is 0 Å². The topological polar surface area (TPSA) is 83.6 Å². The molecule has 94 valence electrons. The van der Waals surface area contributed by atoms with Crippen molar-refractivity contribution in [3.8, 4) is 0 Å². The lowest BCUT2D eigenvalue weighted by Gasteiger charge is -2.44. The Kier molecular flexibility index (Phi) is 2.89. The van der Waals surface area contributed by atoms with Crippen LogP contribution in [0.15, 0.2) is 29.2 Å². The summed E-state index contributed by atoms with van der Waals surface area (Å²) in [5.41, 5.74) is 5.11. The van der Waals surface area contributed by atoms with Crippen molar-refractivity contribution in [3.63, 3.8) is 0 Å². The van der Waals surface area contributed by atoms with E-state index in [0.29, 0.717) is 12.1 Å². The van der Waals surface area contributed by atoms with Crippen molar-refractivity contribution in [2.24, 2.45) is 0 Å². The molecule has 2 rings (SSSR count). The minimum atomic E-state index is -3.51. The van der Waals surface area contributed by atoms with Gasteiger partial charge >= 0.3 is 0 Å². The van der Waals surface area contributed by atoms with Gasteiger partial charge in [-0.2, -0.15) is 4.31 Å². The summed E-state index contributed by atoms with van der Waals surface area (Å²) in [5.74, 6) is 0. The highest BCUT2D eigenvalue weighted by Gasteiger charge is 2.45. The van der Waals surface area contributed by atoms with E-state index in [2.05, 4.69) is 0 Å². The molecule has 3 N–H and O–H groups in total. The number of rotatable bonds is 3. The first-order chi connectivity index (χ1) is 7.87. The Morgan fingerprint density at radius 3 is 2.65 bits per heavy atom. The Balaban J connectivity index is 2.22. The van der Waals surface area contributed by atoms with Gasteiger partial charge in [0.2, 0.25) is 10.0 Å². The van der Waals surface area contributed by atoms with Gasteiger partial charge < -0.3 is 10.8 Å². The molecule has 1 aromatic carbocycles. The molecule has 1 fully saturated rings. The SMILES string of the molecule is CCC1(O)CN(S(=O)(=O)c2cccc(N)c2)C1. The average molecular weight is 256 g/mol. The molecule has 0 amide bonds. The van der Waals surface area contributed by atoms with Crippen LogP contribution in [-0.4, -0.2) is 36.5 Å². The molecular formula is C11H16N2O3S. The lowest BCUT2D eigenvalue weighted by Crippen LogP contribution is -2.62. The summed E-state index contributed by atoms with van der Waals surface area (Å²) in [6.45, 7) is 2.14. The van der Waals surface area contributed by atoms with Crippen molar-refractivity contribution in [3.05, 3.63) is 24.3 Å². The molecule has 0 atom stereocenters. The Hall–Kier alpha value is -1.11. The first-order valence-electron chi connectivity index (χ1n) is 5.45. The van der Waals surface area contributed by atoms with E-state index in [-0.39, 0.29) is 18.0 Å². The molecular weight excluding hydrogens is 240 g/mol. The largest absolute Gasteiger partial charge is 0.399 e. The van der Waals surface area contributed by atoms with Crippen molar-refractivity contribution in [2.45, 2.75) is 23.8 Å². The summed E-state index contributed by atoms with van der Waals surface area (Å²) in [4.78, 5) is 0.177. The van der Waals surface area contributed by atoms with E-state index in [9.17, 15) is 13.5 Å². The van der Waals surface area contributed by atoms with E-state index in [1.54, 1.807) is 12.1 Å². The molecule has 0 aliphatic carbocycles. The molecule has 5 nitrogen and oxygen atoms in total. The summed E-state index contributed by atoms with van der Waals surface area (Å²) < 4.78 is 25.5. The zero-order chi connectivity index (χ0) is 12.7. The highest BCUT2D eigenvalue weighted by atomic mass is 32.2. The third-order valence-corrected chi connectivity index (χ3v) is 4.88. The van der Waals surface area contributed by atoms with Crippen LogP contribution in [0.1, 0.15) is 13.3 Å². The smallest absolute Gasteiger partial charge is 0.243 e. The number of β-amino-alcohol motifs (C(OH)–C–C–N with tert-alkyl or cyclic N) is 1. The quantitative estimate of drug-likeness (QED) is 0.767. The normalized spacial score (nSPS) is 19.9. The fraction of sp³-hybridized carbons (Fsp3) is 0.455. The Labute approximate surface area is 101 Å². The first kappa shape index (κ1) is 12.3. The fourth-order valence-corrected chi connectivity index (χ4v) is 3.48. The lowest BCUT2D eigenvalue weighted by atomic mass is 9.94. The molecule has 0 saturated carbocycles. The standard InChI is InChI=1S/C11H16N2O3S/c1-2-11(14)7-13(8-11)17(15,16)10-5-3-4-9(12)6-10/h3-6,14H,2,7-8,12H2,1H3. The zero-order valence-corrected chi connectivity index (χ0v) is 10.4. The van der Waals surface area contributed by atoms with E-state index >= 15 is 0 Å². The molecule has 0 aromatic heterocycles. The number of nitrogen functional groups attached to an aromatic ring is 1. The van der Waals surface area contributed by atoms with Crippen LogP contribution in [-0.2, 0) is 10.0 Å². The summed E-state index contributed by atoms with van der Waals surface area (Å²) in [6, 6.07) is 6.18. The van der Waals surface area contributed by atoms with Gasteiger partial charge in [-0.1, -0.05) is 13.0 Å². The minimum absolute atomic E-state index is 0.153. The summed E-state index contributed by atoms with van der Waals surface area (Å²) in [7, 11) is -3.51. The van der Waals surface area contributed by atoms with Crippen LogP contribution in [0, 0.1) is 0 Å². The van der Waals surface area contributed by atoms with Crippen molar-refractivity contribution in [2.75, 3.05) is 18.8 Å². The highest BCUT2D eigenvalue weighted by molar-refractivity contribution is 7.89. The van der Waals surface area contributed by atoms with Crippen molar-refractivity contribution in [1.82, 2.24) is 4.31 Å². The van der Waals surface area contributed by atoms with E-state index in [1.165, 1.54) is 16.4 Å². The number of aliphatic hydroxyl groups is 1. The molecule has 0 unspecified atom stereocenters. The third-order valence-electron chi connectivity index (χ3n) is 3.10. The maximum absolute atomic E-state index is 12.1. The number of nitrogens with zero attached hydrogens (tertiary/aromatic N) is 1. The number of sulfonamides is 1. The highest BCUT2D eigenvalue weighted by Crippen LogP contribution is 2.30. The van der Waals surface area contributed by atoms with Crippen LogP contribution in [0.2, 0.25) is 0 Å². The van der Waals surface area contributed by atoms with E-state index in [0.717, 1.165) is 0 Å². The third kappa shape index (κ3) is 2.15. The molecule has 1 aliphatic rings. The number of anilines is 1. The molecule has 1 aliphatic heterocycles. The molecule has 0 radical (unpaired) electrons. The predicted molar refractivity (Wildman–Crippen MR) is 64.9 cm³/mol. The summed E-state index contributed by atoms with van der Waals surface area (Å²) in [6.07, 6.45) is 0.552. The van der Waals surface area contributed by atoms with Crippen LogP contribution < -0.4 is 5.73 Å². The second kappa shape index (κ2) is 3.97. The molecule has 0 bridgehead atoms. The van der Waals surface area contributed by atoms with Gasteiger partial charge in [0.15, 0.2) is 0 Å². The molecule has 17 heavy (non-hydrogen) atoms. The minimum Gasteiger partial charge on any atom is -0.399 e. The molecule has 6 heteroatoms. The van der Waals surface area contributed by atoms with E-state index < -0.39 is 15.6 Å². The van der Waals surface area contributed by atoms with Gasteiger partial charge in [-0.15, -0.1) is 0 Å². The monoisotopic (exact) mass is 256 g/mol. The number of benzene rings is 1. The van der Waals surface area contributed by atoms with Crippen LogP contribution in [0.25, 0.3) is 0 Å². The van der Waals surface area contributed by atoms with Gasteiger partial charge in [0.05, 0.1) is 10.5 Å². The van der Waals surface area contributed by atoms with Gasteiger partial charge in [0.1, 0.15) is 0 Å². The molecule has 1 saturated heterocycles. The Bertz CT molecular complexity index is 521. The number of nitrogens with two attached hydrogens (primary N) is 1. The van der Waals surface area contributed by atoms with E-state index in [1.807, 2.05) is 6.92 Å². The van der Waals surface area contributed by atoms with Crippen molar-refractivity contribution < 1.29 is 13.5 Å². The number of hydrogen-bond donors (Lipinski definition) is 2. The summed E-state index contributed by atoms with van der Waals surface area (Å²) in [5, 5.41) is 9.82. The first-order valence-corrected chi connectivity index (χ1v) is 6.89. The Morgan fingerprint density at radius 1 is 1.47 bits per heavy atom. The van der Waals surface area contributed by atoms with Gasteiger partial charge in [-0.25, -0.2) is 8.42 Å². The molecule has 1 heterocycles. The van der Waals surface area contributed by atoms with Gasteiger partial charge in [0.25, 0.3) is 0 Å². The zero-order valence-electron chi connectivity index (χ0n) is 9.63. The predicted octanol–water partition coefficient (Wildman–Crippen LogP) is 0.414. The molecule has 0 spiro atoms. The Morgan fingerprint density at radius 2 is 2.12 bits per heavy atom. The van der Waals surface area contributed by atoms with Crippen LogP contribution >= 0.6 is 0 Å². The van der Waals surface area contributed by atoms with E-state index in [4.69, 9.17) is 5.73 Å². The van der Waals surface area contributed by atoms with Gasteiger partial charge in [-0.05, 0) is 24.6 Å². The van der Waals surface area contributed by atoms with Crippen LogP contribution in [0.3, 0.4) is 0 Å². The maximum Gasteiger partial charge on any atom is 0.243 e. The molecule has 1 aromatic rings. The second-order valence-electron chi connectivity index (χ2n) is 4.42. The van der Waals surface area contributed by atoms with Crippen LogP contribution in [0.5, 0.6) is 0 Å².